The molecule has 0 aliphatic carbocycles. The Hall–Kier alpha value is -1.58. The zero-order chi connectivity index (χ0) is 13.6. The van der Waals surface area contributed by atoms with Gasteiger partial charge in [-0.05, 0) is 37.6 Å². The summed E-state index contributed by atoms with van der Waals surface area (Å²) in [7, 11) is 0. The highest BCUT2D eigenvalue weighted by Crippen LogP contribution is 2.24. The summed E-state index contributed by atoms with van der Waals surface area (Å²) in [5, 5.41) is 3.56. The second-order valence-corrected chi connectivity index (χ2v) is 5.43. The Morgan fingerprint density at radius 1 is 1.10 bits per heavy atom. The molecule has 0 bridgehead atoms. The van der Waals surface area contributed by atoms with Crippen LogP contribution in [0.5, 0.6) is 0 Å². The van der Waals surface area contributed by atoms with Gasteiger partial charge in [-0.2, -0.15) is 0 Å². The van der Waals surface area contributed by atoms with Crippen LogP contribution < -0.4 is 5.32 Å². The third-order valence-electron chi connectivity index (χ3n) is 4.01. The summed E-state index contributed by atoms with van der Waals surface area (Å²) in [6, 6.07) is 13.3. The second kappa shape index (κ2) is 6.73. The topological polar surface area (TPSA) is 28.4 Å². The van der Waals surface area contributed by atoms with E-state index in [0.29, 0.717) is 6.04 Å². The summed E-state index contributed by atoms with van der Waals surface area (Å²) in [6.07, 6.45) is 6.18. The summed E-state index contributed by atoms with van der Waals surface area (Å²) >= 11 is 0. The first-order valence-electron chi connectivity index (χ1n) is 7.44. The minimum Gasteiger partial charge on any atom is -0.472 e. The summed E-state index contributed by atoms with van der Waals surface area (Å²) in [5.74, 6) is 0. The van der Waals surface area contributed by atoms with Crippen molar-refractivity contribution in [3.05, 3.63) is 60.1 Å². The Kier molecular flexibility index (Phi) is 4.51. The number of rotatable bonds is 6. The van der Waals surface area contributed by atoms with Gasteiger partial charge in [0.1, 0.15) is 0 Å². The molecule has 3 rings (SSSR count). The fourth-order valence-electron chi connectivity index (χ4n) is 2.93. The van der Waals surface area contributed by atoms with Crippen molar-refractivity contribution in [1.29, 1.82) is 0 Å². The molecule has 1 N–H and O–H groups in total. The number of hydrogen-bond acceptors (Lipinski definition) is 3. The maximum Gasteiger partial charge on any atom is 0.0947 e. The van der Waals surface area contributed by atoms with E-state index in [0.717, 1.165) is 13.1 Å². The number of benzene rings is 1. The van der Waals surface area contributed by atoms with E-state index in [1.807, 2.05) is 6.07 Å². The smallest absolute Gasteiger partial charge is 0.0947 e. The van der Waals surface area contributed by atoms with Gasteiger partial charge in [0.05, 0.1) is 12.5 Å². The van der Waals surface area contributed by atoms with Gasteiger partial charge in [0, 0.05) is 24.7 Å². The fourth-order valence-corrected chi connectivity index (χ4v) is 2.93. The molecular formula is C17H22N2O. The number of nitrogens with zero attached hydrogens (tertiary/aromatic N) is 1. The van der Waals surface area contributed by atoms with Crippen molar-refractivity contribution in [2.45, 2.75) is 25.4 Å². The predicted octanol–water partition coefficient (Wildman–Crippen LogP) is 3.21. The van der Waals surface area contributed by atoms with Crippen molar-refractivity contribution >= 4 is 0 Å². The van der Waals surface area contributed by atoms with E-state index in [-0.39, 0.29) is 0 Å². The third kappa shape index (κ3) is 3.30. The fraction of sp³-hybridized carbons (Fsp3) is 0.412. The normalized spacial score (nSPS) is 17.4. The van der Waals surface area contributed by atoms with E-state index in [1.165, 1.54) is 37.1 Å². The lowest BCUT2D eigenvalue weighted by Gasteiger charge is -2.28. The number of hydrogen-bond donors (Lipinski definition) is 1. The first-order valence-corrected chi connectivity index (χ1v) is 7.44. The molecule has 0 radical (unpaired) electrons. The van der Waals surface area contributed by atoms with Crippen LogP contribution in [0.2, 0.25) is 0 Å². The number of nitrogens with one attached hydrogen (secondary N) is 1. The number of furan rings is 1. The molecule has 20 heavy (non-hydrogen) atoms. The Morgan fingerprint density at radius 3 is 2.60 bits per heavy atom. The molecule has 106 valence electrons. The van der Waals surface area contributed by atoms with Crippen LogP contribution in [0.25, 0.3) is 0 Å². The highest BCUT2D eigenvalue weighted by Gasteiger charge is 2.22. The first-order chi connectivity index (χ1) is 9.93. The van der Waals surface area contributed by atoms with E-state index < -0.39 is 0 Å². The van der Waals surface area contributed by atoms with Crippen LogP contribution in [0.1, 0.15) is 30.0 Å². The van der Waals surface area contributed by atoms with Crippen LogP contribution in [0, 0.1) is 0 Å². The van der Waals surface area contributed by atoms with Gasteiger partial charge >= 0.3 is 0 Å². The molecule has 0 spiro atoms. The quantitative estimate of drug-likeness (QED) is 0.873. The second-order valence-electron chi connectivity index (χ2n) is 5.43. The lowest BCUT2D eigenvalue weighted by Crippen LogP contribution is -2.33. The summed E-state index contributed by atoms with van der Waals surface area (Å²) in [5.41, 5.74) is 2.62. The van der Waals surface area contributed by atoms with Gasteiger partial charge in [-0.1, -0.05) is 30.3 Å². The van der Waals surface area contributed by atoms with Gasteiger partial charge in [-0.15, -0.1) is 0 Å². The minimum atomic E-state index is 0.477. The zero-order valence-corrected chi connectivity index (χ0v) is 11.8. The van der Waals surface area contributed by atoms with Crippen LogP contribution in [0.4, 0.5) is 0 Å². The highest BCUT2D eigenvalue weighted by molar-refractivity contribution is 5.20. The van der Waals surface area contributed by atoms with Crippen molar-refractivity contribution in [1.82, 2.24) is 10.2 Å². The maximum atomic E-state index is 5.11. The molecule has 1 unspecified atom stereocenters. The van der Waals surface area contributed by atoms with Crippen molar-refractivity contribution < 1.29 is 4.42 Å². The molecule has 1 saturated heterocycles. The van der Waals surface area contributed by atoms with Gasteiger partial charge < -0.3 is 9.73 Å². The molecule has 0 amide bonds. The largest absolute Gasteiger partial charge is 0.472 e. The lowest BCUT2D eigenvalue weighted by atomic mass is 10.1. The number of likely N-dealkylation sites (tertiary alicyclic amines) is 1. The van der Waals surface area contributed by atoms with Gasteiger partial charge in [0.15, 0.2) is 0 Å². The summed E-state index contributed by atoms with van der Waals surface area (Å²) in [4.78, 5) is 2.59. The SMILES string of the molecule is c1ccc(C(CNCc2ccoc2)N2CCCC2)cc1. The van der Waals surface area contributed by atoms with Crippen LogP contribution in [-0.4, -0.2) is 24.5 Å². The molecule has 1 fully saturated rings. The molecule has 2 heterocycles. The maximum absolute atomic E-state index is 5.11. The van der Waals surface area contributed by atoms with E-state index >= 15 is 0 Å². The molecule has 1 aliphatic heterocycles. The average Bonchev–Trinajstić information content (AvgIpc) is 3.18. The average molecular weight is 270 g/mol. The molecule has 1 aromatic heterocycles. The van der Waals surface area contributed by atoms with E-state index in [4.69, 9.17) is 4.42 Å². The Bertz CT molecular complexity index is 489. The molecule has 3 heteroatoms. The standard InChI is InChI=1S/C17H22N2O/c1-2-6-16(7-3-1)17(19-9-4-5-10-19)13-18-12-15-8-11-20-14-15/h1-3,6-8,11,14,17-18H,4-5,9-10,12-13H2. The monoisotopic (exact) mass is 270 g/mol. The van der Waals surface area contributed by atoms with Crippen molar-refractivity contribution in [3.63, 3.8) is 0 Å². The van der Waals surface area contributed by atoms with E-state index in [9.17, 15) is 0 Å². The van der Waals surface area contributed by atoms with Gasteiger partial charge in [0.25, 0.3) is 0 Å². The summed E-state index contributed by atoms with van der Waals surface area (Å²) < 4.78 is 5.11. The molecular weight excluding hydrogens is 248 g/mol. The predicted molar refractivity (Wildman–Crippen MR) is 80.4 cm³/mol. The van der Waals surface area contributed by atoms with Crippen LogP contribution in [0.3, 0.4) is 0 Å². The highest BCUT2D eigenvalue weighted by atomic mass is 16.3. The molecule has 0 saturated carbocycles. The zero-order valence-electron chi connectivity index (χ0n) is 11.8. The van der Waals surface area contributed by atoms with Crippen molar-refractivity contribution in [2.24, 2.45) is 0 Å². The van der Waals surface area contributed by atoms with Crippen LogP contribution in [-0.2, 0) is 6.54 Å². The third-order valence-corrected chi connectivity index (χ3v) is 4.01. The Balaban J connectivity index is 1.63. The minimum absolute atomic E-state index is 0.477. The molecule has 1 aliphatic rings. The summed E-state index contributed by atoms with van der Waals surface area (Å²) in [6.45, 7) is 4.28. The van der Waals surface area contributed by atoms with Gasteiger partial charge in [-0.25, -0.2) is 0 Å². The molecule has 2 aromatic rings. The lowest BCUT2D eigenvalue weighted by molar-refractivity contribution is 0.238. The van der Waals surface area contributed by atoms with E-state index in [2.05, 4.69) is 40.5 Å². The van der Waals surface area contributed by atoms with Gasteiger partial charge in [0.2, 0.25) is 0 Å². The van der Waals surface area contributed by atoms with Crippen molar-refractivity contribution in [2.75, 3.05) is 19.6 Å². The Morgan fingerprint density at radius 2 is 1.90 bits per heavy atom. The van der Waals surface area contributed by atoms with Gasteiger partial charge in [-0.3, -0.25) is 4.90 Å². The van der Waals surface area contributed by atoms with Crippen LogP contribution >= 0.6 is 0 Å². The van der Waals surface area contributed by atoms with Crippen molar-refractivity contribution in [3.8, 4) is 0 Å². The van der Waals surface area contributed by atoms with E-state index in [1.54, 1.807) is 12.5 Å². The molecule has 1 aromatic carbocycles. The first kappa shape index (κ1) is 13.4. The van der Waals surface area contributed by atoms with Crippen LogP contribution in [0.15, 0.2) is 53.3 Å². The molecule has 3 nitrogen and oxygen atoms in total. The molecule has 1 atom stereocenters. The Labute approximate surface area is 120 Å².